The maximum Gasteiger partial charge on any atom is 0.289 e. The minimum atomic E-state index is -0.902. The highest BCUT2D eigenvalue weighted by Gasteiger charge is 2.45. The molecule has 19 heteroatoms. The summed E-state index contributed by atoms with van der Waals surface area (Å²) in [4.78, 5) is 78.2. The number of Topliss-reactive ketones (excluding diaryl/α,β-unsaturated/α-hetero) is 2. The fraction of sp³-hybridized carbons (Fsp3) is 0.449. The van der Waals surface area contributed by atoms with Gasteiger partial charge in [0.05, 0.1) is 73.4 Å². The van der Waals surface area contributed by atoms with Crippen molar-refractivity contribution in [1.82, 2.24) is 40.1 Å². The van der Waals surface area contributed by atoms with Gasteiger partial charge in [0, 0.05) is 66.8 Å². The van der Waals surface area contributed by atoms with Crippen molar-refractivity contribution < 1.29 is 42.7 Å². The summed E-state index contributed by atoms with van der Waals surface area (Å²) in [6.07, 6.45) is 3.86. The lowest BCUT2D eigenvalue weighted by Gasteiger charge is -2.27. The maximum atomic E-state index is 13.5. The highest BCUT2D eigenvalue weighted by atomic mass is 16.5. The van der Waals surface area contributed by atoms with Crippen molar-refractivity contribution in [3.8, 4) is 11.1 Å². The number of amides is 3. The van der Waals surface area contributed by atoms with Gasteiger partial charge in [-0.15, -0.1) is 0 Å². The lowest BCUT2D eigenvalue weighted by atomic mass is 9.92. The summed E-state index contributed by atoms with van der Waals surface area (Å²) in [5, 5.41) is 20.3. The van der Waals surface area contributed by atoms with Crippen molar-refractivity contribution >= 4 is 68.5 Å². The number of nitrogens with one attached hydrogen (secondary N) is 4. The number of ether oxygens (including phenoxy) is 3. The average Bonchev–Trinajstić information content (AvgIpc) is 3.78. The second kappa shape index (κ2) is 20.2. The van der Waals surface area contributed by atoms with E-state index in [0.29, 0.717) is 69.2 Å². The molecule has 2 aromatic carbocycles. The summed E-state index contributed by atoms with van der Waals surface area (Å²) in [7, 11) is 0. The van der Waals surface area contributed by atoms with E-state index in [1.807, 2.05) is 25.5 Å². The van der Waals surface area contributed by atoms with Crippen molar-refractivity contribution in [1.29, 1.82) is 0 Å². The van der Waals surface area contributed by atoms with Crippen LogP contribution in [0.5, 0.6) is 0 Å². The van der Waals surface area contributed by atoms with Gasteiger partial charge in [0.15, 0.2) is 5.78 Å². The maximum absolute atomic E-state index is 13.5. The second-order valence-corrected chi connectivity index (χ2v) is 17.5. The predicted octanol–water partition coefficient (Wildman–Crippen LogP) is 6.49. The largest absolute Gasteiger partial charge is 0.384 e. The molecule has 356 valence electrons. The molecule has 2 saturated carbocycles. The Morgan fingerprint density at radius 3 is 2.38 bits per heavy atom. The molecule has 0 spiro atoms. The first-order chi connectivity index (χ1) is 33.0. The molecule has 9 rings (SSSR count). The van der Waals surface area contributed by atoms with Gasteiger partial charge in [-0.1, -0.05) is 11.2 Å². The predicted molar refractivity (Wildman–Crippen MR) is 251 cm³/mol. The van der Waals surface area contributed by atoms with E-state index in [0.717, 1.165) is 86.5 Å². The van der Waals surface area contributed by atoms with Crippen LogP contribution in [-0.4, -0.2) is 123 Å². The molecule has 3 amide bonds. The topological polar surface area (TPSA) is 238 Å². The Bertz CT molecular complexity index is 2890. The van der Waals surface area contributed by atoms with Gasteiger partial charge < -0.3 is 39.7 Å². The average molecular weight is 929 g/mol. The monoisotopic (exact) mass is 928 g/mol. The molecule has 6 aromatic rings. The minimum Gasteiger partial charge on any atom is -0.384 e. The highest BCUT2D eigenvalue weighted by Crippen LogP contribution is 2.42. The van der Waals surface area contributed by atoms with Crippen LogP contribution in [0.3, 0.4) is 0 Å². The van der Waals surface area contributed by atoms with E-state index in [1.165, 1.54) is 0 Å². The molecule has 2 aliphatic carbocycles. The molecule has 1 unspecified atom stereocenters. The Morgan fingerprint density at radius 2 is 1.65 bits per heavy atom. The van der Waals surface area contributed by atoms with Crippen LogP contribution in [0.15, 0.2) is 40.9 Å². The van der Waals surface area contributed by atoms with Crippen LogP contribution in [0.4, 0.5) is 17.3 Å². The van der Waals surface area contributed by atoms with Crippen LogP contribution in [0.1, 0.15) is 112 Å². The van der Waals surface area contributed by atoms with Crippen LogP contribution in [0.2, 0.25) is 0 Å². The number of benzene rings is 2. The SMILES string of the molecule is CCn1nc(C2CC2)cc1Nc1nc(C(=O)NCCOCCOCCOCCCCNc2cccc3c2C(=O)N(C2CCC(=O)CC2=O)C3=O)nc2[nH]c3cc(-c4c(C)noc4C)c(C)cc3c12. The van der Waals surface area contributed by atoms with Crippen LogP contribution in [0, 0.1) is 20.8 Å². The van der Waals surface area contributed by atoms with Crippen molar-refractivity contribution in [2.75, 3.05) is 63.4 Å². The molecular weight excluding hydrogens is 873 g/mol. The second-order valence-electron chi connectivity index (χ2n) is 17.5. The summed E-state index contributed by atoms with van der Waals surface area (Å²) < 4.78 is 24.5. The number of aromatic nitrogens is 6. The van der Waals surface area contributed by atoms with Gasteiger partial charge in [-0.05, 0) is 95.2 Å². The van der Waals surface area contributed by atoms with Crippen LogP contribution >= 0.6 is 0 Å². The highest BCUT2D eigenvalue weighted by molar-refractivity contribution is 6.25. The van der Waals surface area contributed by atoms with Gasteiger partial charge in [-0.2, -0.15) is 5.10 Å². The molecule has 5 heterocycles. The van der Waals surface area contributed by atoms with E-state index >= 15 is 0 Å². The molecule has 0 bridgehead atoms. The molecule has 19 nitrogen and oxygen atoms in total. The number of hydrogen-bond donors (Lipinski definition) is 4. The number of imide groups is 1. The van der Waals surface area contributed by atoms with Crippen LogP contribution < -0.4 is 16.0 Å². The van der Waals surface area contributed by atoms with Gasteiger partial charge in [-0.25, -0.2) is 14.6 Å². The van der Waals surface area contributed by atoms with Gasteiger partial charge in [0.1, 0.15) is 28.8 Å². The Morgan fingerprint density at radius 1 is 0.868 bits per heavy atom. The number of nitrogens with zero attached hydrogens (tertiary/aromatic N) is 6. The molecule has 1 atom stereocenters. The Labute approximate surface area is 392 Å². The number of anilines is 3. The standard InChI is InChI=1S/C49H56N10O9/c1-5-58-40(26-36(56-58)30-11-12-30)53-45-43-34-23-27(2)33(41-28(3)57-68-29(41)4)25-37(34)52-44(43)54-46(55-45)47(62)51-16-18-66-20-22-67-21-19-65-17-7-6-15-50-35-10-8-9-32-42(35)49(64)59(48(32)63)38-14-13-31(60)24-39(38)61/h8-10,23,25-26,30,38,50H,5-7,11-22,24H2,1-4H3,(H,51,62)(H2,52,53,54,55). The minimum absolute atomic E-state index is 0.00861. The number of carbonyl (C=O) groups excluding carboxylic acids is 5. The van der Waals surface area contributed by atoms with Crippen LogP contribution in [-0.2, 0) is 30.3 Å². The number of rotatable bonds is 22. The van der Waals surface area contributed by atoms with E-state index in [4.69, 9.17) is 33.8 Å². The zero-order valence-electron chi connectivity index (χ0n) is 38.8. The first-order valence-electron chi connectivity index (χ1n) is 23.4. The molecule has 0 saturated heterocycles. The number of aromatic amines is 1. The van der Waals surface area contributed by atoms with Crippen molar-refractivity contribution in [2.24, 2.45) is 0 Å². The number of ketones is 2. The molecule has 4 aromatic heterocycles. The molecule has 68 heavy (non-hydrogen) atoms. The zero-order valence-corrected chi connectivity index (χ0v) is 38.8. The van der Waals surface area contributed by atoms with E-state index < -0.39 is 29.5 Å². The first kappa shape index (κ1) is 46.3. The lowest BCUT2D eigenvalue weighted by Crippen LogP contribution is -2.47. The summed E-state index contributed by atoms with van der Waals surface area (Å²) in [6.45, 7) is 11.7. The van der Waals surface area contributed by atoms with Crippen molar-refractivity contribution in [3.05, 3.63) is 76.1 Å². The Balaban J connectivity index is 0.707. The number of unbranched alkanes of at least 4 members (excludes halogenated alkanes) is 1. The normalized spacial score (nSPS) is 16.1. The first-order valence-corrected chi connectivity index (χ1v) is 23.4. The summed E-state index contributed by atoms with van der Waals surface area (Å²) >= 11 is 0. The van der Waals surface area contributed by atoms with Crippen molar-refractivity contribution in [2.45, 2.75) is 91.1 Å². The molecule has 4 N–H and O–H groups in total. The molecule has 3 aliphatic rings. The zero-order chi connectivity index (χ0) is 47.5. The van der Waals surface area contributed by atoms with Gasteiger partial charge in [0.25, 0.3) is 17.7 Å². The number of fused-ring (bicyclic) bond motifs is 4. The fourth-order valence-electron chi connectivity index (χ4n) is 9.04. The van der Waals surface area contributed by atoms with E-state index in [1.54, 1.807) is 18.2 Å². The van der Waals surface area contributed by atoms with Gasteiger partial charge >= 0.3 is 0 Å². The quantitative estimate of drug-likeness (QED) is 0.0324. The molecule has 0 radical (unpaired) electrons. The third-order valence-electron chi connectivity index (χ3n) is 12.6. The number of hydrogen-bond acceptors (Lipinski definition) is 15. The number of H-pyrrole nitrogens is 1. The summed E-state index contributed by atoms with van der Waals surface area (Å²) in [5.41, 5.74) is 7.26. The van der Waals surface area contributed by atoms with E-state index in [-0.39, 0.29) is 55.1 Å². The molecular formula is C49H56N10O9. The lowest BCUT2D eigenvalue weighted by molar-refractivity contribution is -0.132. The fourth-order valence-corrected chi connectivity index (χ4v) is 9.04. The smallest absolute Gasteiger partial charge is 0.289 e. The number of aryl methyl sites for hydroxylation is 4. The Kier molecular flexibility index (Phi) is 13.7. The van der Waals surface area contributed by atoms with E-state index in [9.17, 15) is 24.0 Å². The third-order valence-corrected chi connectivity index (χ3v) is 12.6. The third kappa shape index (κ3) is 9.63. The molecule has 2 fully saturated rings. The van der Waals surface area contributed by atoms with Gasteiger partial charge in [0.2, 0.25) is 5.82 Å². The summed E-state index contributed by atoms with van der Waals surface area (Å²) in [6, 6.07) is 10.4. The number of carbonyl (C=O) groups is 5. The van der Waals surface area contributed by atoms with E-state index in [2.05, 4.69) is 51.2 Å². The Hall–Kier alpha value is -6.83. The van der Waals surface area contributed by atoms with Crippen LogP contribution in [0.25, 0.3) is 33.1 Å². The van der Waals surface area contributed by atoms with Gasteiger partial charge in [-0.3, -0.25) is 28.9 Å². The summed E-state index contributed by atoms with van der Waals surface area (Å²) in [5.74, 6) is 0.506. The van der Waals surface area contributed by atoms with Crippen molar-refractivity contribution in [3.63, 3.8) is 0 Å². The molecule has 1 aliphatic heterocycles.